The Morgan fingerprint density at radius 3 is 2.63 bits per heavy atom. The lowest BCUT2D eigenvalue weighted by Crippen LogP contribution is -2.49. The van der Waals surface area contributed by atoms with Crippen LogP contribution >= 0.6 is 0 Å². The van der Waals surface area contributed by atoms with Crippen LogP contribution in [0.4, 0.5) is 14.5 Å². The first-order valence-corrected chi connectivity index (χ1v) is 5.58. The van der Waals surface area contributed by atoms with Gasteiger partial charge in [0, 0.05) is 6.54 Å². The zero-order chi connectivity index (χ0) is 14.0. The van der Waals surface area contributed by atoms with Crippen molar-refractivity contribution in [2.75, 3.05) is 24.6 Å². The van der Waals surface area contributed by atoms with E-state index in [1.807, 2.05) is 0 Å². The van der Waals surface area contributed by atoms with Crippen LogP contribution in [-0.2, 0) is 9.53 Å². The van der Waals surface area contributed by atoms with Crippen molar-refractivity contribution in [1.29, 1.82) is 5.26 Å². The predicted octanol–water partition coefficient (Wildman–Crippen LogP) is 0.527. The molecule has 5 nitrogen and oxygen atoms in total. The number of rotatable bonds is 2. The van der Waals surface area contributed by atoms with Crippen LogP contribution in [0.15, 0.2) is 12.1 Å². The number of nitrogens with zero attached hydrogens (tertiary/aromatic N) is 2. The Morgan fingerprint density at radius 2 is 2.11 bits per heavy atom. The number of primary amides is 1. The molecular weight excluding hydrogens is 256 g/mol. The van der Waals surface area contributed by atoms with Gasteiger partial charge in [-0.25, -0.2) is 8.78 Å². The Balaban J connectivity index is 2.32. The second-order valence-corrected chi connectivity index (χ2v) is 4.11. The van der Waals surface area contributed by atoms with E-state index in [2.05, 4.69) is 0 Å². The summed E-state index contributed by atoms with van der Waals surface area (Å²) in [6.07, 6.45) is -0.900. The van der Waals surface area contributed by atoms with Gasteiger partial charge in [0.25, 0.3) is 0 Å². The molecule has 1 amide bonds. The molecule has 7 heteroatoms. The van der Waals surface area contributed by atoms with Gasteiger partial charge in [-0.05, 0) is 12.1 Å². The predicted molar refractivity (Wildman–Crippen MR) is 62.2 cm³/mol. The number of hydrogen-bond donors (Lipinski definition) is 1. The number of nitrogens with two attached hydrogens (primary N) is 1. The fourth-order valence-corrected chi connectivity index (χ4v) is 1.96. The number of hydrogen-bond acceptors (Lipinski definition) is 4. The summed E-state index contributed by atoms with van der Waals surface area (Å²) in [4.78, 5) is 12.4. The Morgan fingerprint density at radius 1 is 1.47 bits per heavy atom. The molecule has 1 fully saturated rings. The summed E-state index contributed by atoms with van der Waals surface area (Å²) >= 11 is 0. The highest BCUT2D eigenvalue weighted by atomic mass is 19.1. The van der Waals surface area contributed by atoms with Crippen LogP contribution in [0.5, 0.6) is 0 Å². The van der Waals surface area contributed by atoms with Crippen molar-refractivity contribution in [3.63, 3.8) is 0 Å². The van der Waals surface area contributed by atoms with Gasteiger partial charge in [-0.15, -0.1) is 0 Å². The molecule has 1 aromatic rings. The quantitative estimate of drug-likeness (QED) is 0.847. The third kappa shape index (κ3) is 2.63. The van der Waals surface area contributed by atoms with Gasteiger partial charge in [-0.3, -0.25) is 4.79 Å². The Hall–Kier alpha value is -2.20. The number of carbonyl (C=O) groups is 1. The molecule has 1 heterocycles. The summed E-state index contributed by atoms with van der Waals surface area (Å²) in [6, 6.07) is 3.57. The molecule has 1 unspecified atom stereocenters. The van der Waals surface area contributed by atoms with Crippen LogP contribution in [0.25, 0.3) is 0 Å². The first-order valence-electron chi connectivity index (χ1n) is 5.58. The fourth-order valence-electron chi connectivity index (χ4n) is 1.96. The maximum atomic E-state index is 13.8. The summed E-state index contributed by atoms with van der Waals surface area (Å²) in [7, 11) is 0. The van der Waals surface area contributed by atoms with E-state index in [0.29, 0.717) is 0 Å². The van der Waals surface area contributed by atoms with Crippen molar-refractivity contribution in [3.8, 4) is 6.07 Å². The molecule has 19 heavy (non-hydrogen) atoms. The average Bonchev–Trinajstić information content (AvgIpc) is 2.38. The molecule has 100 valence electrons. The largest absolute Gasteiger partial charge is 0.367 e. The molecule has 1 aliphatic heterocycles. The van der Waals surface area contributed by atoms with E-state index in [1.165, 1.54) is 4.90 Å². The van der Waals surface area contributed by atoms with Crippen molar-refractivity contribution in [2.45, 2.75) is 6.10 Å². The summed E-state index contributed by atoms with van der Waals surface area (Å²) in [5.74, 6) is -2.37. The first-order chi connectivity index (χ1) is 9.02. The zero-order valence-electron chi connectivity index (χ0n) is 9.90. The minimum absolute atomic E-state index is 0.0188. The Kier molecular flexibility index (Phi) is 3.62. The molecule has 1 saturated heterocycles. The van der Waals surface area contributed by atoms with E-state index in [4.69, 9.17) is 15.7 Å². The van der Waals surface area contributed by atoms with Gasteiger partial charge in [0.2, 0.25) is 5.91 Å². The molecular formula is C12H11F2N3O2. The maximum absolute atomic E-state index is 13.8. The minimum Gasteiger partial charge on any atom is -0.367 e. The summed E-state index contributed by atoms with van der Waals surface area (Å²) in [5, 5.41) is 8.62. The van der Waals surface area contributed by atoms with E-state index in [0.717, 1.165) is 12.1 Å². The molecule has 0 spiro atoms. The van der Waals surface area contributed by atoms with Crippen molar-refractivity contribution in [1.82, 2.24) is 0 Å². The highest BCUT2D eigenvalue weighted by molar-refractivity contribution is 5.80. The van der Waals surface area contributed by atoms with Gasteiger partial charge in [0.1, 0.15) is 5.69 Å². The van der Waals surface area contributed by atoms with Gasteiger partial charge in [0.15, 0.2) is 17.7 Å². The second kappa shape index (κ2) is 5.20. The van der Waals surface area contributed by atoms with Gasteiger partial charge in [0.05, 0.1) is 24.8 Å². The highest BCUT2D eigenvalue weighted by Crippen LogP contribution is 2.26. The lowest BCUT2D eigenvalue weighted by atomic mass is 10.1. The third-order valence-electron chi connectivity index (χ3n) is 2.85. The molecule has 0 aromatic heterocycles. The van der Waals surface area contributed by atoms with Crippen LogP contribution in [0, 0.1) is 23.0 Å². The molecule has 1 atom stereocenters. The summed E-state index contributed by atoms with van der Waals surface area (Å²) in [6.45, 7) is 0.366. The van der Waals surface area contributed by atoms with Crippen LogP contribution < -0.4 is 10.6 Å². The molecule has 1 aliphatic rings. The number of carbonyl (C=O) groups excluding carboxylic acids is 1. The third-order valence-corrected chi connectivity index (χ3v) is 2.85. The number of morpholine rings is 1. The lowest BCUT2D eigenvalue weighted by Gasteiger charge is -2.33. The van der Waals surface area contributed by atoms with E-state index >= 15 is 0 Å². The topological polar surface area (TPSA) is 79.3 Å². The molecule has 0 saturated carbocycles. The number of benzene rings is 1. The molecule has 0 radical (unpaired) electrons. The Labute approximate surface area is 108 Å². The Bertz CT molecular complexity index is 533. The molecule has 2 N–H and O–H groups in total. The molecule has 0 bridgehead atoms. The number of anilines is 1. The van der Waals surface area contributed by atoms with Crippen LogP contribution in [0.1, 0.15) is 5.56 Å². The van der Waals surface area contributed by atoms with Crippen LogP contribution in [0.3, 0.4) is 0 Å². The second-order valence-electron chi connectivity index (χ2n) is 4.11. The number of halogens is 2. The number of ether oxygens (including phenoxy) is 1. The number of nitriles is 1. The van der Waals surface area contributed by atoms with Gasteiger partial charge in [-0.1, -0.05) is 0 Å². The van der Waals surface area contributed by atoms with Crippen LogP contribution in [0.2, 0.25) is 0 Å². The monoisotopic (exact) mass is 267 g/mol. The van der Waals surface area contributed by atoms with E-state index in [-0.39, 0.29) is 30.9 Å². The van der Waals surface area contributed by atoms with Gasteiger partial charge < -0.3 is 15.4 Å². The molecule has 2 rings (SSSR count). The fraction of sp³-hybridized carbons (Fsp3) is 0.333. The van der Waals surface area contributed by atoms with E-state index in [9.17, 15) is 13.6 Å². The first kappa shape index (κ1) is 13.2. The maximum Gasteiger partial charge on any atom is 0.248 e. The standard InChI is InChI=1S/C12H11F2N3O2/c13-8-3-7(5-15)4-9(14)11(8)17-1-2-19-10(6-17)12(16)18/h3-4,10H,1-2,6H2,(H2,16,18). The normalized spacial score (nSPS) is 19.0. The van der Waals surface area contributed by atoms with Crippen LogP contribution in [-0.4, -0.2) is 31.7 Å². The average molecular weight is 267 g/mol. The van der Waals surface area contributed by atoms with Crippen molar-refractivity contribution < 1.29 is 18.3 Å². The van der Waals surface area contributed by atoms with E-state index in [1.54, 1.807) is 6.07 Å². The summed E-state index contributed by atoms with van der Waals surface area (Å²) in [5.41, 5.74) is 4.74. The SMILES string of the molecule is N#Cc1cc(F)c(N2CCOC(C(N)=O)C2)c(F)c1. The lowest BCUT2D eigenvalue weighted by molar-refractivity contribution is -0.130. The van der Waals surface area contributed by atoms with Gasteiger partial charge >= 0.3 is 0 Å². The zero-order valence-corrected chi connectivity index (χ0v) is 9.90. The highest BCUT2D eigenvalue weighted by Gasteiger charge is 2.28. The van der Waals surface area contributed by atoms with E-state index < -0.39 is 23.6 Å². The number of amides is 1. The van der Waals surface area contributed by atoms with Crippen molar-refractivity contribution >= 4 is 11.6 Å². The molecule has 0 aliphatic carbocycles. The minimum atomic E-state index is -0.900. The smallest absolute Gasteiger partial charge is 0.248 e. The van der Waals surface area contributed by atoms with Crippen molar-refractivity contribution in [3.05, 3.63) is 29.3 Å². The van der Waals surface area contributed by atoms with Gasteiger partial charge in [-0.2, -0.15) is 5.26 Å². The summed E-state index contributed by atoms with van der Waals surface area (Å²) < 4.78 is 32.7. The molecule has 1 aromatic carbocycles. The van der Waals surface area contributed by atoms with Crippen molar-refractivity contribution in [2.24, 2.45) is 5.73 Å².